The number of ketones is 1. The smallest absolute Gasteiger partial charge is 0.159 e. The number of thioether (sulfide) groups is 1. The van der Waals surface area contributed by atoms with Crippen molar-refractivity contribution in [3.05, 3.63) is 59.7 Å². The van der Waals surface area contributed by atoms with Gasteiger partial charge in [0.1, 0.15) is 12.4 Å². The summed E-state index contributed by atoms with van der Waals surface area (Å²) in [5, 5.41) is 9.97. The van der Waals surface area contributed by atoms with Crippen LogP contribution in [-0.2, 0) is 0 Å². The van der Waals surface area contributed by atoms with Crippen LogP contribution in [0.25, 0.3) is 0 Å². The van der Waals surface area contributed by atoms with E-state index < -0.39 is 6.10 Å². The molecule has 0 saturated heterocycles. The van der Waals surface area contributed by atoms with E-state index in [-0.39, 0.29) is 12.4 Å². The summed E-state index contributed by atoms with van der Waals surface area (Å²) in [5.41, 5.74) is 1.88. The Morgan fingerprint density at radius 1 is 1.14 bits per heavy atom. The first-order valence-electron chi connectivity index (χ1n) is 7.16. The quantitative estimate of drug-likeness (QED) is 0.624. The molecule has 0 heterocycles. The molecule has 0 aliphatic heterocycles. The zero-order chi connectivity index (χ0) is 15.9. The summed E-state index contributed by atoms with van der Waals surface area (Å²) in [6.45, 7) is 3.81. The fourth-order valence-electron chi connectivity index (χ4n) is 1.85. The average molecular weight is 316 g/mol. The number of hydrogen-bond acceptors (Lipinski definition) is 4. The van der Waals surface area contributed by atoms with E-state index >= 15 is 0 Å². The van der Waals surface area contributed by atoms with E-state index in [1.54, 1.807) is 36.0 Å². The number of aryl methyl sites for hydroxylation is 1. The van der Waals surface area contributed by atoms with Gasteiger partial charge in [-0.3, -0.25) is 4.79 Å². The fraction of sp³-hybridized carbons (Fsp3) is 0.278. The molecule has 22 heavy (non-hydrogen) atoms. The lowest BCUT2D eigenvalue weighted by Gasteiger charge is -2.12. The Hall–Kier alpha value is -1.78. The predicted molar refractivity (Wildman–Crippen MR) is 89.9 cm³/mol. The standard InChI is InChI=1S/C18H20O3S/c1-13-3-9-18(10-4-13)22-12-16(20)11-21-17-7-5-15(6-8-17)14(2)19/h3-10,16,20H,11-12H2,1-2H3. The average Bonchev–Trinajstić information content (AvgIpc) is 2.52. The van der Waals surface area contributed by atoms with Crippen LogP contribution in [-0.4, -0.2) is 29.4 Å². The molecule has 0 amide bonds. The van der Waals surface area contributed by atoms with Crippen molar-refractivity contribution in [1.82, 2.24) is 0 Å². The summed E-state index contributed by atoms with van der Waals surface area (Å²) in [4.78, 5) is 12.3. The molecule has 0 aromatic heterocycles. The van der Waals surface area contributed by atoms with Crippen LogP contribution in [0.5, 0.6) is 5.75 Å². The van der Waals surface area contributed by atoms with Crippen molar-refractivity contribution in [2.75, 3.05) is 12.4 Å². The van der Waals surface area contributed by atoms with Crippen molar-refractivity contribution in [3.8, 4) is 5.75 Å². The number of benzene rings is 2. The van der Waals surface area contributed by atoms with Gasteiger partial charge in [0.25, 0.3) is 0 Å². The maximum Gasteiger partial charge on any atom is 0.159 e. The zero-order valence-corrected chi connectivity index (χ0v) is 13.6. The molecule has 2 aromatic rings. The molecule has 4 heteroatoms. The molecule has 0 fully saturated rings. The van der Waals surface area contributed by atoms with Crippen molar-refractivity contribution in [3.63, 3.8) is 0 Å². The second-order valence-corrected chi connectivity index (χ2v) is 6.26. The largest absolute Gasteiger partial charge is 0.491 e. The molecule has 3 nitrogen and oxygen atoms in total. The Kier molecular flexibility index (Phi) is 6.04. The molecule has 2 aromatic carbocycles. The van der Waals surface area contributed by atoms with Crippen molar-refractivity contribution in [2.24, 2.45) is 0 Å². The van der Waals surface area contributed by atoms with Crippen molar-refractivity contribution in [1.29, 1.82) is 0 Å². The van der Waals surface area contributed by atoms with E-state index in [0.29, 0.717) is 17.1 Å². The highest BCUT2D eigenvalue weighted by Gasteiger charge is 2.07. The van der Waals surface area contributed by atoms with Gasteiger partial charge in [0, 0.05) is 16.2 Å². The number of carbonyl (C=O) groups excluding carboxylic acids is 1. The van der Waals surface area contributed by atoms with E-state index in [1.165, 1.54) is 12.5 Å². The Labute approximate surface area is 135 Å². The molecule has 0 bridgehead atoms. The predicted octanol–water partition coefficient (Wildman–Crippen LogP) is 3.73. The van der Waals surface area contributed by atoms with E-state index in [1.807, 2.05) is 12.1 Å². The minimum Gasteiger partial charge on any atom is -0.491 e. The first-order chi connectivity index (χ1) is 10.5. The van der Waals surface area contributed by atoms with E-state index in [9.17, 15) is 9.90 Å². The van der Waals surface area contributed by atoms with Gasteiger partial charge in [-0.1, -0.05) is 17.7 Å². The molecule has 1 unspecified atom stereocenters. The monoisotopic (exact) mass is 316 g/mol. The maximum absolute atomic E-state index is 11.2. The van der Waals surface area contributed by atoms with Crippen LogP contribution in [0.4, 0.5) is 0 Å². The van der Waals surface area contributed by atoms with Gasteiger partial charge in [-0.25, -0.2) is 0 Å². The summed E-state index contributed by atoms with van der Waals surface area (Å²) in [6.07, 6.45) is -0.543. The zero-order valence-electron chi connectivity index (χ0n) is 12.8. The highest BCUT2D eigenvalue weighted by Crippen LogP contribution is 2.20. The van der Waals surface area contributed by atoms with Gasteiger partial charge in [-0.15, -0.1) is 11.8 Å². The number of hydrogen-bond donors (Lipinski definition) is 1. The second kappa shape index (κ2) is 8.01. The van der Waals surface area contributed by atoms with Crippen molar-refractivity contribution < 1.29 is 14.6 Å². The van der Waals surface area contributed by atoms with Crippen LogP contribution in [0.15, 0.2) is 53.4 Å². The molecule has 116 valence electrons. The highest BCUT2D eigenvalue weighted by molar-refractivity contribution is 7.99. The Morgan fingerprint density at radius 3 is 2.36 bits per heavy atom. The van der Waals surface area contributed by atoms with E-state index in [0.717, 1.165) is 4.90 Å². The Balaban J connectivity index is 1.76. The normalized spacial score (nSPS) is 12.0. The number of aliphatic hydroxyl groups is 1. The number of aliphatic hydroxyl groups excluding tert-OH is 1. The molecule has 0 saturated carbocycles. The molecule has 1 atom stereocenters. The molecule has 2 rings (SSSR count). The highest BCUT2D eigenvalue weighted by atomic mass is 32.2. The summed E-state index contributed by atoms with van der Waals surface area (Å²) in [6, 6.07) is 15.2. The van der Waals surface area contributed by atoms with Gasteiger partial charge in [0.15, 0.2) is 5.78 Å². The molecule has 0 spiro atoms. The van der Waals surface area contributed by atoms with Gasteiger partial charge in [-0.05, 0) is 50.2 Å². The fourth-order valence-corrected chi connectivity index (χ4v) is 2.66. The molecule has 0 aliphatic rings. The SMILES string of the molecule is CC(=O)c1ccc(OCC(O)CSc2ccc(C)cc2)cc1. The first kappa shape index (κ1) is 16.6. The van der Waals surface area contributed by atoms with E-state index in [4.69, 9.17) is 4.74 Å². The second-order valence-electron chi connectivity index (χ2n) is 5.17. The Morgan fingerprint density at radius 2 is 1.77 bits per heavy atom. The van der Waals surface area contributed by atoms with Gasteiger partial charge in [0.05, 0.1) is 6.10 Å². The molecular formula is C18H20O3S. The number of Topliss-reactive ketones (excluding diaryl/α,β-unsaturated/α-hetero) is 1. The molecule has 0 radical (unpaired) electrons. The topological polar surface area (TPSA) is 46.5 Å². The summed E-state index contributed by atoms with van der Waals surface area (Å²) < 4.78 is 5.54. The van der Waals surface area contributed by atoms with Gasteiger partial charge < -0.3 is 9.84 Å². The van der Waals surface area contributed by atoms with Gasteiger partial charge >= 0.3 is 0 Å². The van der Waals surface area contributed by atoms with Gasteiger partial charge in [0.2, 0.25) is 0 Å². The number of rotatable bonds is 7. The summed E-state index contributed by atoms with van der Waals surface area (Å²) in [7, 11) is 0. The van der Waals surface area contributed by atoms with Crippen LogP contribution in [0.3, 0.4) is 0 Å². The van der Waals surface area contributed by atoms with Crippen LogP contribution in [0.2, 0.25) is 0 Å². The molecule has 1 N–H and O–H groups in total. The lowest BCUT2D eigenvalue weighted by Crippen LogP contribution is -2.20. The van der Waals surface area contributed by atoms with E-state index in [2.05, 4.69) is 19.1 Å². The van der Waals surface area contributed by atoms with Crippen molar-refractivity contribution >= 4 is 17.5 Å². The third-order valence-electron chi connectivity index (χ3n) is 3.17. The van der Waals surface area contributed by atoms with Crippen LogP contribution >= 0.6 is 11.8 Å². The molecular weight excluding hydrogens is 296 g/mol. The lowest BCUT2D eigenvalue weighted by atomic mass is 10.1. The first-order valence-corrected chi connectivity index (χ1v) is 8.14. The molecule has 0 aliphatic carbocycles. The minimum absolute atomic E-state index is 0.0288. The number of carbonyl (C=O) groups is 1. The minimum atomic E-state index is -0.543. The van der Waals surface area contributed by atoms with Crippen LogP contribution in [0, 0.1) is 6.92 Å². The van der Waals surface area contributed by atoms with Crippen LogP contribution in [0.1, 0.15) is 22.8 Å². The summed E-state index contributed by atoms with van der Waals surface area (Å²) >= 11 is 1.60. The third kappa shape index (κ3) is 5.20. The maximum atomic E-state index is 11.2. The summed E-state index contributed by atoms with van der Waals surface area (Å²) in [5.74, 6) is 1.26. The number of ether oxygens (including phenoxy) is 1. The third-order valence-corrected chi connectivity index (χ3v) is 4.32. The lowest BCUT2D eigenvalue weighted by molar-refractivity contribution is 0.101. The van der Waals surface area contributed by atoms with Crippen LogP contribution < -0.4 is 4.74 Å². The van der Waals surface area contributed by atoms with Gasteiger partial charge in [-0.2, -0.15) is 0 Å². The Bertz CT molecular complexity index is 605. The van der Waals surface area contributed by atoms with Crippen molar-refractivity contribution in [2.45, 2.75) is 24.8 Å².